The van der Waals surface area contributed by atoms with E-state index < -0.39 is 0 Å². The summed E-state index contributed by atoms with van der Waals surface area (Å²) in [6.45, 7) is 17.4. The molecule has 1 atom stereocenters. The van der Waals surface area contributed by atoms with Crippen LogP contribution in [0.3, 0.4) is 0 Å². The SMILES string of the molecule is C=C/C=C\C(=C/C)C(C)C(C)(C)C(C)C. The first kappa shape index (κ1) is 14.2. The second kappa shape index (κ2) is 5.95. The molecule has 0 aliphatic heterocycles. The van der Waals surface area contributed by atoms with E-state index in [0.717, 1.165) is 0 Å². The standard InChI is InChI=1S/C15H26/c1-8-10-11-14(9-2)13(5)15(6,7)12(3)4/h8-13H,1H2,2-7H3/b11-10-,14-9+. The van der Waals surface area contributed by atoms with Crippen molar-refractivity contribution < 1.29 is 0 Å². The van der Waals surface area contributed by atoms with Gasteiger partial charge in [0.25, 0.3) is 0 Å². The quantitative estimate of drug-likeness (QED) is 0.556. The Bertz CT molecular complexity index is 251. The first-order valence-electron chi connectivity index (χ1n) is 5.83. The molecule has 0 aliphatic carbocycles. The summed E-state index contributed by atoms with van der Waals surface area (Å²) in [5, 5.41) is 0. The molecule has 0 spiro atoms. The van der Waals surface area contributed by atoms with Gasteiger partial charge in [0.1, 0.15) is 0 Å². The monoisotopic (exact) mass is 206 g/mol. The van der Waals surface area contributed by atoms with Gasteiger partial charge in [0.2, 0.25) is 0 Å². The van der Waals surface area contributed by atoms with Gasteiger partial charge in [-0.15, -0.1) is 0 Å². The van der Waals surface area contributed by atoms with Crippen LogP contribution in [0.1, 0.15) is 41.5 Å². The Morgan fingerprint density at radius 1 is 1.20 bits per heavy atom. The third-order valence-corrected chi connectivity index (χ3v) is 3.86. The maximum atomic E-state index is 3.71. The number of hydrogen-bond acceptors (Lipinski definition) is 0. The molecule has 0 aromatic heterocycles. The molecule has 15 heavy (non-hydrogen) atoms. The van der Waals surface area contributed by atoms with Crippen LogP contribution in [-0.2, 0) is 0 Å². The second-order valence-electron chi connectivity index (χ2n) is 5.08. The van der Waals surface area contributed by atoms with E-state index in [9.17, 15) is 0 Å². The summed E-state index contributed by atoms with van der Waals surface area (Å²) in [6, 6.07) is 0. The lowest BCUT2D eigenvalue weighted by Gasteiger charge is -2.36. The van der Waals surface area contributed by atoms with Crippen LogP contribution in [0.5, 0.6) is 0 Å². The minimum Gasteiger partial charge on any atom is -0.0991 e. The molecule has 0 saturated heterocycles. The Morgan fingerprint density at radius 2 is 1.73 bits per heavy atom. The van der Waals surface area contributed by atoms with Gasteiger partial charge in [-0.3, -0.25) is 0 Å². The van der Waals surface area contributed by atoms with Crippen molar-refractivity contribution in [3.05, 3.63) is 36.5 Å². The molecule has 0 aliphatic rings. The second-order valence-corrected chi connectivity index (χ2v) is 5.08. The Labute approximate surface area is 95.8 Å². The summed E-state index contributed by atoms with van der Waals surface area (Å²) in [7, 11) is 0. The molecular weight excluding hydrogens is 180 g/mol. The zero-order valence-corrected chi connectivity index (χ0v) is 11.2. The van der Waals surface area contributed by atoms with Gasteiger partial charge >= 0.3 is 0 Å². The normalized spacial score (nSPS) is 16.1. The third kappa shape index (κ3) is 3.70. The molecule has 0 fully saturated rings. The molecule has 0 amide bonds. The number of allylic oxidation sites excluding steroid dienone is 5. The van der Waals surface area contributed by atoms with Crippen LogP contribution in [0.2, 0.25) is 0 Å². The van der Waals surface area contributed by atoms with E-state index in [1.807, 2.05) is 12.2 Å². The van der Waals surface area contributed by atoms with Crippen molar-refractivity contribution in [3.63, 3.8) is 0 Å². The lowest BCUT2D eigenvalue weighted by molar-refractivity contribution is 0.179. The third-order valence-electron chi connectivity index (χ3n) is 3.86. The zero-order valence-electron chi connectivity index (χ0n) is 11.2. The average Bonchev–Trinajstić information content (AvgIpc) is 2.18. The molecule has 0 heteroatoms. The Balaban J connectivity index is 4.88. The van der Waals surface area contributed by atoms with E-state index in [-0.39, 0.29) is 0 Å². The molecule has 0 saturated carbocycles. The van der Waals surface area contributed by atoms with Crippen LogP contribution in [0.4, 0.5) is 0 Å². The molecule has 0 radical (unpaired) electrons. The smallest absolute Gasteiger partial charge is 0.0140 e. The Hall–Kier alpha value is -0.780. The van der Waals surface area contributed by atoms with Crippen LogP contribution < -0.4 is 0 Å². The summed E-state index contributed by atoms with van der Waals surface area (Å²) in [5.74, 6) is 1.25. The number of rotatable bonds is 5. The predicted octanol–water partition coefficient (Wildman–Crippen LogP) is 4.99. The van der Waals surface area contributed by atoms with Gasteiger partial charge in [-0.1, -0.05) is 65.5 Å². The molecule has 0 aromatic rings. The fourth-order valence-electron chi connectivity index (χ4n) is 1.60. The van der Waals surface area contributed by atoms with Gasteiger partial charge in [0.05, 0.1) is 0 Å². The van der Waals surface area contributed by atoms with Gasteiger partial charge in [-0.05, 0) is 29.7 Å². The van der Waals surface area contributed by atoms with Crippen molar-refractivity contribution in [2.75, 3.05) is 0 Å². The molecule has 86 valence electrons. The molecule has 0 heterocycles. The fourth-order valence-corrected chi connectivity index (χ4v) is 1.60. The summed E-state index contributed by atoms with van der Waals surface area (Å²) in [4.78, 5) is 0. The highest BCUT2D eigenvalue weighted by Crippen LogP contribution is 2.39. The molecule has 0 bridgehead atoms. The highest BCUT2D eigenvalue weighted by atomic mass is 14.3. The van der Waals surface area contributed by atoms with Crippen molar-refractivity contribution in [2.45, 2.75) is 41.5 Å². The molecule has 0 rings (SSSR count). The summed E-state index contributed by atoms with van der Waals surface area (Å²) in [6.07, 6.45) is 8.22. The zero-order chi connectivity index (χ0) is 12.1. The van der Waals surface area contributed by atoms with Crippen molar-refractivity contribution in [1.29, 1.82) is 0 Å². The lowest BCUT2D eigenvalue weighted by Crippen LogP contribution is -2.28. The average molecular weight is 206 g/mol. The first-order chi connectivity index (χ1) is 6.87. The topological polar surface area (TPSA) is 0 Å². The largest absolute Gasteiger partial charge is 0.0991 e. The lowest BCUT2D eigenvalue weighted by atomic mass is 9.68. The van der Waals surface area contributed by atoms with Gasteiger partial charge in [0.15, 0.2) is 0 Å². The van der Waals surface area contributed by atoms with E-state index in [1.54, 1.807) is 0 Å². The van der Waals surface area contributed by atoms with E-state index in [0.29, 0.717) is 17.3 Å². The maximum absolute atomic E-state index is 3.71. The minimum atomic E-state index is 0.327. The van der Waals surface area contributed by atoms with Crippen LogP contribution in [0, 0.1) is 17.3 Å². The molecule has 0 aromatic carbocycles. The van der Waals surface area contributed by atoms with Gasteiger partial charge in [0, 0.05) is 0 Å². The Kier molecular flexibility index (Phi) is 5.64. The molecule has 0 nitrogen and oxygen atoms in total. The fraction of sp³-hybridized carbons (Fsp3) is 0.600. The van der Waals surface area contributed by atoms with E-state index in [2.05, 4.69) is 60.3 Å². The molecular formula is C15H26. The summed E-state index contributed by atoms with van der Waals surface area (Å²) >= 11 is 0. The van der Waals surface area contributed by atoms with Crippen LogP contribution in [-0.4, -0.2) is 0 Å². The highest BCUT2D eigenvalue weighted by molar-refractivity contribution is 5.24. The van der Waals surface area contributed by atoms with Gasteiger partial charge in [-0.2, -0.15) is 0 Å². The van der Waals surface area contributed by atoms with Gasteiger partial charge in [-0.25, -0.2) is 0 Å². The minimum absolute atomic E-state index is 0.327. The highest BCUT2D eigenvalue weighted by Gasteiger charge is 2.30. The van der Waals surface area contributed by atoms with Crippen molar-refractivity contribution in [3.8, 4) is 0 Å². The molecule has 1 unspecified atom stereocenters. The van der Waals surface area contributed by atoms with Crippen molar-refractivity contribution in [1.82, 2.24) is 0 Å². The van der Waals surface area contributed by atoms with Crippen molar-refractivity contribution >= 4 is 0 Å². The van der Waals surface area contributed by atoms with E-state index in [4.69, 9.17) is 0 Å². The predicted molar refractivity (Wildman–Crippen MR) is 70.9 cm³/mol. The van der Waals surface area contributed by atoms with E-state index in [1.165, 1.54) is 5.57 Å². The van der Waals surface area contributed by atoms with Crippen LogP contribution in [0.15, 0.2) is 36.5 Å². The van der Waals surface area contributed by atoms with Crippen LogP contribution in [0.25, 0.3) is 0 Å². The van der Waals surface area contributed by atoms with Crippen LogP contribution >= 0.6 is 0 Å². The summed E-state index contributed by atoms with van der Waals surface area (Å²) < 4.78 is 0. The number of hydrogen-bond donors (Lipinski definition) is 0. The Morgan fingerprint density at radius 3 is 2.07 bits per heavy atom. The summed E-state index contributed by atoms with van der Waals surface area (Å²) in [5.41, 5.74) is 1.72. The van der Waals surface area contributed by atoms with E-state index >= 15 is 0 Å². The van der Waals surface area contributed by atoms with Gasteiger partial charge < -0.3 is 0 Å². The molecule has 0 N–H and O–H groups in total. The first-order valence-corrected chi connectivity index (χ1v) is 5.83. The maximum Gasteiger partial charge on any atom is -0.0140 e. The van der Waals surface area contributed by atoms with Crippen molar-refractivity contribution in [2.24, 2.45) is 17.3 Å².